The number of halogens is 3. The molecule has 220 valence electrons. The Morgan fingerprint density at radius 1 is 0.881 bits per heavy atom. The maximum Gasteiger partial charge on any atom is 0.416 e. The van der Waals surface area contributed by atoms with Crippen molar-refractivity contribution < 1.29 is 41.3 Å². The molecule has 0 radical (unpaired) electrons. The van der Waals surface area contributed by atoms with Gasteiger partial charge >= 0.3 is 17.4 Å². The Kier molecular flexibility index (Phi) is 9.57. The first-order valence-electron chi connectivity index (χ1n) is 12.9. The third-order valence-corrected chi connectivity index (χ3v) is 6.56. The maximum absolute atomic E-state index is 13.0. The molecule has 0 atom stereocenters. The van der Waals surface area contributed by atoms with Gasteiger partial charge < -0.3 is 23.4 Å². The average molecular weight is 599 g/mol. The van der Waals surface area contributed by atoms with Crippen molar-refractivity contribution in [1.29, 1.82) is 0 Å². The summed E-state index contributed by atoms with van der Waals surface area (Å²) in [7, 11) is 1.36. The second-order valence-corrected chi connectivity index (χ2v) is 10.4. The van der Waals surface area contributed by atoms with Crippen molar-refractivity contribution in [2.24, 2.45) is 5.41 Å². The van der Waals surface area contributed by atoms with E-state index in [1.807, 2.05) is 32.0 Å². The van der Waals surface area contributed by atoms with Crippen molar-refractivity contribution in [3.8, 4) is 22.8 Å². The first kappa shape index (κ1) is 30.6. The highest BCUT2D eigenvalue weighted by Gasteiger charge is 2.30. The quantitative estimate of drug-likeness (QED) is 0.135. The zero-order chi connectivity index (χ0) is 30.3. The van der Waals surface area contributed by atoms with Crippen LogP contribution in [-0.4, -0.2) is 18.3 Å². The molecule has 6 nitrogen and oxygen atoms in total. The van der Waals surface area contributed by atoms with Gasteiger partial charge in [-0.25, -0.2) is 0 Å². The molecule has 0 N–H and O–H groups in total. The first-order valence-corrected chi connectivity index (χ1v) is 13.3. The Hall–Kier alpha value is -4.31. The van der Waals surface area contributed by atoms with Crippen LogP contribution in [0.15, 0.2) is 89.3 Å². The van der Waals surface area contributed by atoms with Crippen LogP contribution in [0.2, 0.25) is 0 Å². The molecule has 0 saturated heterocycles. The van der Waals surface area contributed by atoms with E-state index in [4.69, 9.17) is 35.6 Å². The lowest BCUT2D eigenvalue weighted by atomic mass is 9.86. The molecule has 0 aliphatic rings. The van der Waals surface area contributed by atoms with Gasteiger partial charge in [0.2, 0.25) is 0 Å². The van der Waals surface area contributed by atoms with Crippen LogP contribution in [0, 0.1) is 5.41 Å². The van der Waals surface area contributed by atoms with E-state index in [0.29, 0.717) is 40.6 Å². The normalized spacial score (nSPS) is 11.6. The summed E-state index contributed by atoms with van der Waals surface area (Å²) in [6.07, 6.45) is -3.96. The number of furan rings is 1. The van der Waals surface area contributed by atoms with Gasteiger partial charge in [0.1, 0.15) is 36.2 Å². The van der Waals surface area contributed by atoms with Crippen LogP contribution in [0.5, 0.6) is 11.5 Å². The maximum atomic E-state index is 13.0. The number of para-hydroxylation sites is 1. The lowest BCUT2D eigenvalue weighted by molar-refractivity contribution is -0.150. The number of alkyl halides is 3. The third kappa shape index (κ3) is 8.13. The summed E-state index contributed by atoms with van der Waals surface area (Å²) in [4.78, 5) is 12.0. The third-order valence-electron chi connectivity index (χ3n) is 6.36. The molecule has 4 rings (SSSR count). The van der Waals surface area contributed by atoms with Crippen LogP contribution in [-0.2, 0) is 40.1 Å². The summed E-state index contributed by atoms with van der Waals surface area (Å²) >= 11 is 5.20. The van der Waals surface area contributed by atoms with E-state index < -0.39 is 17.2 Å². The minimum Gasteiger partial charge on any atom is -0.486 e. The lowest BCUT2D eigenvalue weighted by Gasteiger charge is -2.21. The smallest absolute Gasteiger partial charge is 0.416 e. The molecule has 0 aliphatic heterocycles. The highest BCUT2D eigenvalue weighted by atomic mass is 32.1. The van der Waals surface area contributed by atoms with Crippen LogP contribution in [0.1, 0.15) is 36.3 Å². The summed E-state index contributed by atoms with van der Waals surface area (Å²) in [5.41, 5.74) is 0.532. The van der Waals surface area contributed by atoms with Crippen molar-refractivity contribution in [3.05, 3.63) is 107 Å². The van der Waals surface area contributed by atoms with Crippen molar-refractivity contribution in [2.75, 3.05) is 7.11 Å². The second kappa shape index (κ2) is 13.1. The predicted molar refractivity (Wildman–Crippen MR) is 154 cm³/mol. The van der Waals surface area contributed by atoms with Crippen LogP contribution in [0.25, 0.3) is 11.3 Å². The zero-order valence-corrected chi connectivity index (χ0v) is 24.0. The molecule has 42 heavy (non-hydrogen) atoms. The number of thiocarbonyl (C=S) groups is 1. The molecule has 3 aromatic carbocycles. The Labute approximate surface area is 247 Å². The number of hydrogen-bond acceptors (Lipinski definition) is 7. The molecule has 0 spiro atoms. The molecular formula is C32H29F3O6S. The number of benzene rings is 3. The largest absolute Gasteiger partial charge is 0.486 e. The van der Waals surface area contributed by atoms with Crippen molar-refractivity contribution >= 4 is 23.4 Å². The Bertz CT molecular complexity index is 1490. The van der Waals surface area contributed by atoms with E-state index >= 15 is 0 Å². The zero-order valence-electron chi connectivity index (χ0n) is 23.2. The Balaban J connectivity index is 1.49. The monoisotopic (exact) mass is 598 g/mol. The van der Waals surface area contributed by atoms with Gasteiger partial charge in [-0.2, -0.15) is 13.2 Å². The summed E-state index contributed by atoms with van der Waals surface area (Å²) in [6.45, 7) is 3.62. The van der Waals surface area contributed by atoms with Crippen LogP contribution >= 0.6 is 12.2 Å². The van der Waals surface area contributed by atoms with Gasteiger partial charge in [0.15, 0.2) is 0 Å². The van der Waals surface area contributed by atoms with Crippen LogP contribution in [0.3, 0.4) is 0 Å². The summed E-state index contributed by atoms with van der Waals surface area (Å²) < 4.78 is 67.1. The van der Waals surface area contributed by atoms with E-state index in [0.717, 1.165) is 17.7 Å². The number of esters is 1. The minimum atomic E-state index is -4.45. The number of ether oxygens (including phenoxy) is 4. The van der Waals surface area contributed by atoms with Crippen molar-refractivity contribution in [3.63, 3.8) is 0 Å². The van der Waals surface area contributed by atoms with Gasteiger partial charge in [0.25, 0.3) is 0 Å². The van der Waals surface area contributed by atoms with Gasteiger partial charge in [0, 0.05) is 23.3 Å². The van der Waals surface area contributed by atoms with Gasteiger partial charge in [0.05, 0.1) is 18.1 Å². The second-order valence-electron chi connectivity index (χ2n) is 10.1. The fraction of sp³-hybridized carbons (Fsp3) is 0.250. The molecule has 1 heterocycles. The van der Waals surface area contributed by atoms with Crippen molar-refractivity contribution in [2.45, 2.75) is 39.7 Å². The molecule has 0 aliphatic carbocycles. The van der Waals surface area contributed by atoms with E-state index in [9.17, 15) is 18.0 Å². The molecule has 0 saturated carbocycles. The minimum absolute atomic E-state index is 0.0125. The average Bonchev–Trinajstić information content (AvgIpc) is 3.38. The summed E-state index contributed by atoms with van der Waals surface area (Å²) in [6, 6.07) is 22.5. The highest BCUT2D eigenvalue weighted by Crippen LogP contribution is 2.33. The van der Waals surface area contributed by atoms with E-state index in [2.05, 4.69) is 0 Å². The Morgan fingerprint density at radius 2 is 1.55 bits per heavy atom. The van der Waals surface area contributed by atoms with E-state index in [1.54, 1.807) is 42.5 Å². The van der Waals surface area contributed by atoms with E-state index in [1.165, 1.54) is 19.2 Å². The molecule has 10 heteroatoms. The molecule has 4 aromatic rings. The number of carbonyl (C=O) groups is 1. The summed E-state index contributed by atoms with van der Waals surface area (Å²) in [5, 5.41) is -0.101. The predicted octanol–water partition coefficient (Wildman–Crippen LogP) is 8.17. The SMILES string of the molecule is COC(=O)C(C)(C)Cc1ccc(OCc2oc(-c3ccc(C(F)(F)F)cc3)cc2COC(=S)Oc2ccccc2)cc1. The topological polar surface area (TPSA) is 67.1 Å². The van der Waals surface area contributed by atoms with Gasteiger partial charge in [-0.05, 0) is 68.3 Å². The van der Waals surface area contributed by atoms with Gasteiger partial charge in [-0.15, -0.1) is 0 Å². The summed E-state index contributed by atoms with van der Waals surface area (Å²) in [5.74, 6) is 1.52. The molecule has 0 amide bonds. The molecular weight excluding hydrogens is 569 g/mol. The first-order chi connectivity index (χ1) is 19.9. The molecule has 1 aromatic heterocycles. The molecule has 0 fully saturated rings. The van der Waals surface area contributed by atoms with Crippen LogP contribution < -0.4 is 9.47 Å². The number of hydrogen-bond donors (Lipinski definition) is 0. The molecule has 0 unspecified atom stereocenters. The number of methoxy groups -OCH3 is 1. The molecule has 0 bridgehead atoms. The fourth-order valence-corrected chi connectivity index (χ4v) is 4.29. The van der Waals surface area contributed by atoms with Crippen molar-refractivity contribution in [1.82, 2.24) is 0 Å². The van der Waals surface area contributed by atoms with Gasteiger partial charge in [-0.1, -0.05) is 42.5 Å². The number of carbonyl (C=O) groups excluding carboxylic acids is 1. The lowest BCUT2D eigenvalue weighted by Crippen LogP contribution is -2.27. The van der Waals surface area contributed by atoms with Gasteiger partial charge in [-0.3, -0.25) is 4.79 Å². The fourth-order valence-electron chi connectivity index (χ4n) is 4.14. The Morgan fingerprint density at radius 3 is 2.17 bits per heavy atom. The highest BCUT2D eigenvalue weighted by molar-refractivity contribution is 7.79. The van der Waals surface area contributed by atoms with Crippen LogP contribution in [0.4, 0.5) is 13.2 Å². The van der Waals surface area contributed by atoms with E-state index in [-0.39, 0.29) is 24.4 Å². The standard InChI is InChI=1S/C32H29F3O6S/c1-31(2,29(36)37-3)18-21-9-15-25(16-10-21)38-20-28-23(19-39-30(42)40-26-7-5-4-6-8-26)17-27(41-28)22-11-13-24(14-12-22)32(33,34)35/h4-17H,18-20H2,1-3H3. The number of rotatable bonds is 10.